The standard InChI is InChI=1S/C15H27N3O2/c1-10(2)9-17-13(19)11(3)18-14(20)12-8-15(12)4-6-16-7-5-15/h10-12,16H,4-9H2,1-3H3,(H,17,19)(H,18,20). The van der Waals surface area contributed by atoms with E-state index in [9.17, 15) is 9.59 Å². The Morgan fingerprint density at radius 3 is 2.50 bits per heavy atom. The third-order valence-corrected chi connectivity index (χ3v) is 4.54. The van der Waals surface area contributed by atoms with Crippen molar-refractivity contribution in [3.05, 3.63) is 0 Å². The summed E-state index contributed by atoms with van der Waals surface area (Å²) in [4.78, 5) is 24.1. The summed E-state index contributed by atoms with van der Waals surface area (Å²) < 4.78 is 0. The summed E-state index contributed by atoms with van der Waals surface area (Å²) in [6, 6.07) is -0.444. The summed E-state index contributed by atoms with van der Waals surface area (Å²) in [5, 5.41) is 9.05. The number of hydrogen-bond donors (Lipinski definition) is 3. The Hall–Kier alpha value is -1.10. The van der Waals surface area contributed by atoms with Crippen molar-refractivity contribution < 1.29 is 9.59 Å². The maximum Gasteiger partial charge on any atom is 0.242 e. The summed E-state index contributed by atoms with van der Waals surface area (Å²) in [6.07, 6.45) is 3.15. The predicted octanol–water partition coefficient (Wildman–Crippen LogP) is 0.653. The maximum absolute atomic E-state index is 12.2. The zero-order chi connectivity index (χ0) is 14.8. The molecule has 0 aromatic heterocycles. The van der Waals surface area contributed by atoms with Crippen LogP contribution in [-0.4, -0.2) is 37.5 Å². The van der Waals surface area contributed by atoms with Gasteiger partial charge in [-0.05, 0) is 50.6 Å². The third kappa shape index (κ3) is 3.51. The molecule has 114 valence electrons. The zero-order valence-electron chi connectivity index (χ0n) is 12.8. The van der Waals surface area contributed by atoms with E-state index in [4.69, 9.17) is 0 Å². The molecule has 0 aromatic rings. The third-order valence-electron chi connectivity index (χ3n) is 4.54. The number of piperidine rings is 1. The van der Waals surface area contributed by atoms with Gasteiger partial charge in [-0.25, -0.2) is 0 Å². The van der Waals surface area contributed by atoms with E-state index in [1.54, 1.807) is 6.92 Å². The van der Waals surface area contributed by atoms with Crippen LogP contribution in [0.2, 0.25) is 0 Å². The Balaban J connectivity index is 1.76. The van der Waals surface area contributed by atoms with E-state index in [1.807, 2.05) is 0 Å². The van der Waals surface area contributed by atoms with Gasteiger partial charge in [0.05, 0.1) is 0 Å². The lowest BCUT2D eigenvalue weighted by Gasteiger charge is -2.23. The molecule has 1 aliphatic carbocycles. The molecule has 2 unspecified atom stereocenters. The highest BCUT2D eigenvalue weighted by Gasteiger charge is 2.57. The van der Waals surface area contributed by atoms with Crippen LogP contribution < -0.4 is 16.0 Å². The number of rotatable bonds is 5. The first kappa shape index (κ1) is 15.3. The van der Waals surface area contributed by atoms with E-state index in [2.05, 4.69) is 29.8 Å². The molecule has 2 rings (SSSR count). The Labute approximate surface area is 121 Å². The fraction of sp³-hybridized carbons (Fsp3) is 0.867. The van der Waals surface area contributed by atoms with Crippen LogP contribution in [0.5, 0.6) is 0 Å². The first-order valence-electron chi connectivity index (χ1n) is 7.73. The second-order valence-corrected chi connectivity index (χ2v) is 6.74. The van der Waals surface area contributed by atoms with Gasteiger partial charge in [-0.1, -0.05) is 13.8 Å². The fourth-order valence-corrected chi connectivity index (χ4v) is 3.03. The SMILES string of the molecule is CC(C)CNC(=O)C(C)NC(=O)C1CC12CCNCC2. The lowest BCUT2D eigenvalue weighted by molar-refractivity contribution is -0.129. The maximum atomic E-state index is 12.2. The highest BCUT2D eigenvalue weighted by molar-refractivity contribution is 5.89. The van der Waals surface area contributed by atoms with Gasteiger partial charge in [0.15, 0.2) is 0 Å². The minimum atomic E-state index is -0.444. The minimum Gasteiger partial charge on any atom is -0.354 e. The van der Waals surface area contributed by atoms with Gasteiger partial charge in [0.2, 0.25) is 11.8 Å². The van der Waals surface area contributed by atoms with Crippen molar-refractivity contribution in [3.8, 4) is 0 Å². The molecule has 2 atom stereocenters. The highest BCUT2D eigenvalue weighted by Crippen LogP contribution is 2.58. The number of amides is 2. The van der Waals surface area contributed by atoms with Crippen molar-refractivity contribution in [2.24, 2.45) is 17.3 Å². The molecule has 0 aromatic carbocycles. The Bertz CT molecular complexity index is 375. The van der Waals surface area contributed by atoms with Crippen molar-refractivity contribution in [2.75, 3.05) is 19.6 Å². The fourth-order valence-electron chi connectivity index (χ4n) is 3.03. The first-order valence-corrected chi connectivity index (χ1v) is 7.73. The second kappa shape index (κ2) is 6.12. The van der Waals surface area contributed by atoms with Crippen molar-refractivity contribution in [3.63, 3.8) is 0 Å². The normalized spacial score (nSPS) is 25.3. The molecule has 5 nitrogen and oxygen atoms in total. The highest BCUT2D eigenvalue weighted by atomic mass is 16.2. The van der Waals surface area contributed by atoms with Crippen LogP contribution in [0.25, 0.3) is 0 Å². The van der Waals surface area contributed by atoms with E-state index in [1.165, 1.54) is 0 Å². The van der Waals surface area contributed by atoms with Crippen molar-refractivity contribution in [1.29, 1.82) is 0 Å². The van der Waals surface area contributed by atoms with Crippen LogP contribution in [0.3, 0.4) is 0 Å². The van der Waals surface area contributed by atoms with Gasteiger partial charge in [-0.2, -0.15) is 0 Å². The number of hydrogen-bond acceptors (Lipinski definition) is 3. The van der Waals surface area contributed by atoms with Gasteiger partial charge >= 0.3 is 0 Å². The molecule has 1 saturated heterocycles. The predicted molar refractivity (Wildman–Crippen MR) is 78.1 cm³/mol. The largest absolute Gasteiger partial charge is 0.354 e. The van der Waals surface area contributed by atoms with Crippen LogP contribution in [0, 0.1) is 17.3 Å². The van der Waals surface area contributed by atoms with Crippen LogP contribution in [0.1, 0.15) is 40.0 Å². The molecule has 1 spiro atoms. The van der Waals surface area contributed by atoms with Crippen LogP contribution in [-0.2, 0) is 9.59 Å². The van der Waals surface area contributed by atoms with Crippen LogP contribution in [0.4, 0.5) is 0 Å². The van der Waals surface area contributed by atoms with Crippen molar-refractivity contribution in [2.45, 2.75) is 46.1 Å². The number of carbonyl (C=O) groups excluding carboxylic acids is 2. The molecule has 2 fully saturated rings. The molecule has 1 aliphatic heterocycles. The van der Waals surface area contributed by atoms with Gasteiger partial charge in [0, 0.05) is 12.5 Å². The Kier molecular flexibility index (Phi) is 4.68. The molecular formula is C15H27N3O2. The molecule has 0 radical (unpaired) electrons. The average Bonchev–Trinajstić information content (AvgIpc) is 3.10. The van der Waals surface area contributed by atoms with Gasteiger partial charge in [0.25, 0.3) is 0 Å². The molecule has 1 saturated carbocycles. The summed E-state index contributed by atoms with van der Waals surface area (Å²) in [5.74, 6) is 0.499. The Morgan fingerprint density at radius 2 is 1.90 bits per heavy atom. The van der Waals surface area contributed by atoms with Crippen molar-refractivity contribution in [1.82, 2.24) is 16.0 Å². The molecule has 1 heterocycles. The monoisotopic (exact) mass is 281 g/mol. The molecular weight excluding hydrogens is 254 g/mol. The zero-order valence-corrected chi connectivity index (χ0v) is 12.8. The Morgan fingerprint density at radius 1 is 1.25 bits per heavy atom. The minimum absolute atomic E-state index is 0.0547. The first-order chi connectivity index (χ1) is 9.44. The van der Waals surface area contributed by atoms with Gasteiger partial charge < -0.3 is 16.0 Å². The van der Waals surface area contributed by atoms with E-state index in [0.29, 0.717) is 12.5 Å². The topological polar surface area (TPSA) is 70.2 Å². The van der Waals surface area contributed by atoms with Gasteiger partial charge in [-0.3, -0.25) is 9.59 Å². The lowest BCUT2D eigenvalue weighted by Crippen LogP contribution is -2.46. The van der Waals surface area contributed by atoms with Crippen LogP contribution >= 0.6 is 0 Å². The van der Waals surface area contributed by atoms with Gasteiger partial charge in [0.1, 0.15) is 6.04 Å². The quantitative estimate of drug-likeness (QED) is 0.693. The summed E-state index contributed by atoms with van der Waals surface area (Å²) in [7, 11) is 0. The van der Waals surface area contributed by atoms with Crippen LogP contribution in [0.15, 0.2) is 0 Å². The van der Waals surface area contributed by atoms with E-state index >= 15 is 0 Å². The van der Waals surface area contributed by atoms with Gasteiger partial charge in [-0.15, -0.1) is 0 Å². The van der Waals surface area contributed by atoms with Crippen molar-refractivity contribution >= 4 is 11.8 Å². The molecule has 3 N–H and O–H groups in total. The summed E-state index contributed by atoms with van der Waals surface area (Å²) >= 11 is 0. The summed E-state index contributed by atoms with van der Waals surface area (Å²) in [5.41, 5.74) is 0.226. The smallest absolute Gasteiger partial charge is 0.242 e. The number of carbonyl (C=O) groups is 2. The van der Waals surface area contributed by atoms with E-state index in [-0.39, 0.29) is 23.1 Å². The van der Waals surface area contributed by atoms with E-state index < -0.39 is 6.04 Å². The summed E-state index contributed by atoms with van der Waals surface area (Å²) in [6.45, 7) is 8.52. The molecule has 2 amide bonds. The molecule has 2 aliphatic rings. The van der Waals surface area contributed by atoms with E-state index in [0.717, 1.165) is 32.4 Å². The number of nitrogens with one attached hydrogen (secondary N) is 3. The lowest BCUT2D eigenvalue weighted by atomic mass is 9.91. The second-order valence-electron chi connectivity index (χ2n) is 6.74. The molecule has 5 heteroatoms. The molecule has 20 heavy (non-hydrogen) atoms. The molecule has 0 bridgehead atoms. The average molecular weight is 281 g/mol.